The number of fused-ring (bicyclic) bond motifs is 2. The predicted molar refractivity (Wildman–Crippen MR) is 131 cm³/mol. The van der Waals surface area contributed by atoms with Crippen LogP contribution in [0.25, 0.3) is 10.9 Å². The number of amides is 2. The summed E-state index contributed by atoms with van der Waals surface area (Å²) < 4.78 is 0. The molecule has 5 rings (SSSR count). The van der Waals surface area contributed by atoms with Gasteiger partial charge in [0.2, 0.25) is 5.91 Å². The van der Waals surface area contributed by atoms with E-state index in [9.17, 15) is 9.59 Å². The van der Waals surface area contributed by atoms with Crippen LogP contribution in [0.1, 0.15) is 47.8 Å². The number of benzene rings is 3. The van der Waals surface area contributed by atoms with Crippen LogP contribution in [-0.4, -0.2) is 27.7 Å². The molecule has 4 aromatic rings. The Bertz CT molecular complexity index is 1310. The van der Waals surface area contributed by atoms with Crippen molar-refractivity contribution in [2.45, 2.75) is 32.4 Å². The third kappa shape index (κ3) is 3.59. The van der Waals surface area contributed by atoms with E-state index < -0.39 is 6.04 Å². The third-order valence-electron chi connectivity index (χ3n) is 6.71. The first kappa shape index (κ1) is 21.0. The normalized spacial score (nSPS) is 17.1. The second-order valence-electron chi connectivity index (χ2n) is 8.68. The van der Waals surface area contributed by atoms with Crippen LogP contribution in [0.5, 0.6) is 0 Å². The second-order valence-corrected chi connectivity index (χ2v) is 8.68. The summed E-state index contributed by atoms with van der Waals surface area (Å²) in [5, 5.41) is 4.10. The Morgan fingerprint density at radius 1 is 0.970 bits per heavy atom. The fourth-order valence-corrected chi connectivity index (χ4v) is 4.88. The van der Waals surface area contributed by atoms with E-state index in [1.54, 1.807) is 4.90 Å². The van der Waals surface area contributed by atoms with Gasteiger partial charge in [-0.15, -0.1) is 0 Å². The number of para-hydroxylation sites is 2. The molecule has 5 nitrogen and oxygen atoms in total. The topological polar surface area (TPSA) is 65.2 Å². The molecule has 0 saturated carbocycles. The van der Waals surface area contributed by atoms with Crippen molar-refractivity contribution in [2.24, 2.45) is 5.92 Å². The maximum Gasteiger partial charge on any atom is 0.255 e. The van der Waals surface area contributed by atoms with Crippen LogP contribution >= 0.6 is 0 Å². The summed E-state index contributed by atoms with van der Waals surface area (Å²) in [5.41, 5.74) is 4.34. The molecule has 2 N–H and O–H groups in total. The molecule has 0 bridgehead atoms. The van der Waals surface area contributed by atoms with Gasteiger partial charge in [-0.25, -0.2) is 0 Å². The Balaban J connectivity index is 1.64. The number of carbonyl (C=O) groups excluding carboxylic acids is 2. The van der Waals surface area contributed by atoms with Gasteiger partial charge < -0.3 is 15.2 Å². The smallest absolute Gasteiger partial charge is 0.255 e. The minimum absolute atomic E-state index is 0.0281. The molecule has 3 aromatic carbocycles. The maximum absolute atomic E-state index is 13.8. The minimum atomic E-state index is -0.617. The van der Waals surface area contributed by atoms with E-state index in [0.717, 1.165) is 34.1 Å². The zero-order valence-electron chi connectivity index (χ0n) is 18.8. The van der Waals surface area contributed by atoms with E-state index in [1.165, 1.54) is 0 Å². The number of H-pyrrole nitrogens is 1. The highest BCUT2D eigenvalue weighted by Gasteiger charge is 2.46. The molecule has 0 radical (unpaired) electrons. The standard InChI is InChI=1S/C28H27N3O2/c1-3-18(2)25(27(32)30-19-11-5-4-6-12-19)31-26(21-14-7-8-15-22(21)28(31)33)23-17-29-24-16-10-9-13-20(23)24/h4-18,25-26,29H,3H2,1-2H3,(H,30,32). The van der Waals surface area contributed by atoms with Crippen LogP contribution in [0, 0.1) is 5.92 Å². The molecular weight excluding hydrogens is 410 g/mol. The Labute approximate surface area is 193 Å². The summed E-state index contributed by atoms with van der Waals surface area (Å²) in [7, 11) is 0. The summed E-state index contributed by atoms with van der Waals surface area (Å²) in [6.07, 6.45) is 2.74. The molecule has 0 aliphatic carbocycles. The molecule has 1 aliphatic rings. The van der Waals surface area contributed by atoms with E-state index in [2.05, 4.69) is 23.3 Å². The first-order valence-corrected chi connectivity index (χ1v) is 11.4. The average Bonchev–Trinajstić information content (AvgIpc) is 3.39. The van der Waals surface area contributed by atoms with Crippen molar-refractivity contribution in [1.82, 2.24) is 9.88 Å². The van der Waals surface area contributed by atoms with Crippen molar-refractivity contribution in [3.8, 4) is 0 Å². The molecule has 0 fully saturated rings. The molecule has 0 spiro atoms. The molecule has 33 heavy (non-hydrogen) atoms. The van der Waals surface area contributed by atoms with Crippen molar-refractivity contribution in [3.63, 3.8) is 0 Å². The number of nitrogens with zero attached hydrogens (tertiary/aromatic N) is 1. The molecular formula is C28H27N3O2. The van der Waals surface area contributed by atoms with E-state index in [-0.39, 0.29) is 23.8 Å². The lowest BCUT2D eigenvalue weighted by atomic mass is 9.92. The molecule has 166 valence electrons. The van der Waals surface area contributed by atoms with Crippen LogP contribution in [0.4, 0.5) is 5.69 Å². The number of nitrogens with one attached hydrogen (secondary N) is 2. The van der Waals surface area contributed by atoms with Crippen LogP contribution < -0.4 is 5.32 Å². The lowest BCUT2D eigenvalue weighted by Gasteiger charge is -2.36. The fraction of sp³-hybridized carbons (Fsp3) is 0.214. The van der Waals surface area contributed by atoms with Gasteiger partial charge in [-0.1, -0.05) is 74.9 Å². The predicted octanol–water partition coefficient (Wildman–Crippen LogP) is 5.77. The van der Waals surface area contributed by atoms with Crippen LogP contribution in [-0.2, 0) is 4.79 Å². The summed E-state index contributed by atoms with van der Waals surface area (Å²) in [5.74, 6) is -0.296. The Morgan fingerprint density at radius 3 is 2.45 bits per heavy atom. The van der Waals surface area contributed by atoms with Crippen molar-refractivity contribution < 1.29 is 9.59 Å². The number of hydrogen-bond acceptors (Lipinski definition) is 2. The van der Waals surface area contributed by atoms with Crippen LogP contribution in [0.3, 0.4) is 0 Å². The van der Waals surface area contributed by atoms with Gasteiger partial charge in [0.05, 0.1) is 6.04 Å². The average molecular weight is 438 g/mol. The molecule has 1 aliphatic heterocycles. The highest BCUT2D eigenvalue weighted by atomic mass is 16.2. The Kier molecular flexibility index (Phi) is 5.47. The number of carbonyl (C=O) groups is 2. The van der Waals surface area contributed by atoms with Crippen LogP contribution in [0.2, 0.25) is 0 Å². The van der Waals surface area contributed by atoms with Gasteiger partial charge in [-0.05, 0) is 35.7 Å². The van der Waals surface area contributed by atoms with Crippen LogP contribution in [0.15, 0.2) is 85.1 Å². The fourth-order valence-electron chi connectivity index (χ4n) is 4.88. The van der Waals surface area contributed by atoms with Gasteiger partial charge in [0, 0.05) is 33.9 Å². The summed E-state index contributed by atoms with van der Waals surface area (Å²) >= 11 is 0. The number of anilines is 1. The zero-order valence-corrected chi connectivity index (χ0v) is 18.8. The summed E-state index contributed by atoms with van der Waals surface area (Å²) in [6, 6.07) is 24.2. The van der Waals surface area contributed by atoms with E-state index in [1.807, 2.05) is 85.9 Å². The lowest BCUT2D eigenvalue weighted by molar-refractivity contribution is -0.122. The van der Waals surface area contributed by atoms with E-state index in [4.69, 9.17) is 0 Å². The van der Waals surface area contributed by atoms with E-state index in [0.29, 0.717) is 5.56 Å². The van der Waals surface area contributed by atoms with E-state index >= 15 is 0 Å². The first-order valence-electron chi connectivity index (χ1n) is 11.4. The molecule has 2 heterocycles. The molecule has 1 aromatic heterocycles. The van der Waals surface area contributed by atoms with Gasteiger partial charge in [0.15, 0.2) is 0 Å². The quantitative estimate of drug-likeness (QED) is 0.402. The number of aromatic nitrogens is 1. The molecule has 3 unspecified atom stereocenters. The highest BCUT2D eigenvalue weighted by Crippen LogP contribution is 2.43. The first-order chi connectivity index (χ1) is 16.1. The van der Waals surface area contributed by atoms with Crippen molar-refractivity contribution >= 4 is 28.4 Å². The van der Waals surface area contributed by atoms with Crippen molar-refractivity contribution in [2.75, 3.05) is 5.32 Å². The summed E-state index contributed by atoms with van der Waals surface area (Å²) in [4.78, 5) is 32.6. The Hall–Kier alpha value is -3.86. The molecule has 0 saturated heterocycles. The lowest BCUT2D eigenvalue weighted by Crippen LogP contribution is -2.49. The van der Waals surface area contributed by atoms with Gasteiger partial charge in [-0.2, -0.15) is 0 Å². The van der Waals surface area contributed by atoms with Gasteiger partial charge in [0.25, 0.3) is 5.91 Å². The Morgan fingerprint density at radius 2 is 1.67 bits per heavy atom. The summed E-state index contributed by atoms with van der Waals surface area (Å²) in [6.45, 7) is 4.10. The third-order valence-corrected chi connectivity index (χ3v) is 6.71. The second kappa shape index (κ2) is 8.58. The zero-order chi connectivity index (χ0) is 22.9. The SMILES string of the molecule is CCC(C)C(C(=O)Nc1ccccc1)N1C(=O)c2ccccc2C1c1c[nH]c2ccccc12. The van der Waals surface area contributed by atoms with Crippen molar-refractivity contribution in [3.05, 3.63) is 102 Å². The maximum atomic E-state index is 13.8. The minimum Gasteiger partial charge on any atom is -0.361 e. The van der Waals surface area contributed by atoms with Gasteiger partial charge in [0.1, 0.15) is 6.04 Å². The molecule has 2 amide bonds. The van der Waals surface area contributed by atoms with Gasteiger partial charge >= 0.3 is 0 Å². The monoisotopic (exact) mass is 437 g/mol. The number of rotatable bonds is 6. The van der Waals surface area contributed by atoms with Crippen molar-refractivity contribution in [1.29, 1.82) is 0 Å². The number of hydrogen-bond donors (Lipinski definition) is 2. The molecule has 3 atom stereocenters. The van der Waals surface area contributed by atoms with Gasteiger partial charge in [-0.3, -0.25) is 9.59 Å². The largest absolute Gasteiger partial charge is 0.361 e. The number of aromatic amines is 1. The molecule has 5 heteroatoms. The highest BCUT2D eigenvalue weighted by molar-refractivity contribution is 6.05.